The summed E-state index contributed by atoms with van der Waals surface area (Å²) in [6.45, 7) is 0.800. The van der Waals surface area contributed by atoms with E-state index in [9.17, 15) is 14.9 Å². The topological polar surface area (TPSA) is 83.7 Å². The Morgan fingerprint density at radius 3 is 2.74 bits per heavy atom. The molecule has 6 nitrogen and oxygen atoms in total. The van der Waals surface area contributed by atoms with Gasteiger partial charge in [0.15, 0.2) is 0 Å². The lowest BCUT2D eigenvalue weighted by atomic mass is 10.1. The number of hydrogen-bond acceptors (Lipinski definition) is 4. The molecule has 1 aliphatic heterocycles. The highest BCUT2D eigenvalue weighted by molar-refractivity contribution is 5.95. The van der Waals surface area contributed by atoms with Crippen molar-refractivity contribution in [3.8, 4) is 0 Å². The maximum Gasteiger partial charge on any atom is 0.342 e. The first-order valence-corrected chi connectivity index (χ1v) is 6.35. The average Bonchev–Trinajstić information content (AvgIpc) is 2.99. The van der Waals surface area contributed by atoms with Gasteiger partial charge in [-0.15, -0.1) is 0 Å². The molecule has 100 valence electrons. The molecule has 2 atom stereocenters. The lowest BCUT2D eigenvalue weighted by Crippen LogP contribution is -2.32. The fourth-order valence-corrected chi connectivity index (χ4v) is 3.35. The smallest absolute Gasteiger partial charge is 0.342 e. The van der Waals surface area contributed by atoms with Crippen LogP contribution in [0.3, 0.4) is 0 Å². The van der Waals surface area contributed by atoms with Gasteiger partial charge in [-0.25, -0.2) is 4.79 Å². The van der Waals surface area contributed by atoms with Crippen LogP contribution in [0.4, 0.5) is 11.4 Å². The van der Waals surface area contributed by atoms with E-state index >= 15 is 0 Å². The second-order valence-electron chi connectivity index (χ2n) is 5.22. The van der Waals surface area contributed by atoms with Crippen molar-refractivity contribution in [3.05, 3.63) is 33.9 Å². The molecular weight excluding hydrogens is 248 g/mol. The standard InChI is InChI=1S/C13H14N2O4/c16-13(17)10-2-1-3-11(12(10)15(18)19)14-7-8-4-5-9(14)6-8/h1-3,8-9H,4-7H2,(H,16,17). The molecule has 19 heavy (non-hydrogen) atoms. The number of para-hydroxylation sites is 1. The highest BCUT2D eigenvalue weighted by atomic mass is 16.6. The molecule has 1 aromatic carbocycles. The van der Waals surface area contributed by atoms with E-state index in [1.54, 1.807) is 12.1 Å². The monoisotopic (exact) mass is 262 g/mol. The molecule has 1 heterocycles. The summed E-state index contributed by atoms with van der Waals surface area (Å²) in [5.41, 5.74) is -0.0510. The number of nitro groups is 1. The number of nitrogens with zero attached hydrogens (tertiary/aromatic N) is 2. The summed E-state index contributed by atoms with van der Waals surface area (Å²) in [5, 5.41) is 20.3. The van der Waals surface area contributed by atoms with E-state index in [1.807, 2.05) is 4.90 Å². The fraction of sp³-hybridized carbons (Fsp3) is 0.462. The number of carboxylic acid groups (broad SMARTS) is 1. The molecule has 1 saturated carbocycles. The Bertz CT molecular complexity index is 558. The number of anilines is 1. The Kier molecular flexibility index (Phi) is 2.66. The highest BCUT2D eigenvalue weighted by Crippen LogP contribution is 2.43. The summed E-state index contributed by atoms with van der Waals surface area (Å²) < 4.78 is 0. The lowest BCUT2D eigenvalue weighted by Gasteiger charge is -2.28. The van der Waals surface area contributed by atoms with Crippen molar-refractivity contribution in [1.29, 1.82) is 0 Å². The second kappa shape index (κ2) is 4.22. The van der Waals surface area contributed by atoms with E-state index in [-0.39, 0.29) is 11.3 Å². The maximum atomic E-state index is 11.2. The molecule has 0 aromatic heterocycles. The van der Waals surface area contributed by atoms with Gasteiger partial charge in [0.1, 0.15) is 11.3 Å². The van der Waals surface area contributed by atoms with E-state index in [0.29, 0.717) is 17.6 Å². The van der Waals surface area contributed by atoms with E-state index in [2.05, 4.69) is 0 Å². The Morgan fingerprint density at radius 2 is 2.21 bits per heavy atom. The number of rotatable bonds is 3. The van der Waals surface area contributed by atoms with Crippen LogP contribution < -0.4 is 4.90 Å². The summed E-state index contributed by atoms with van der Waals surface area (Å²) >= 11 is 0. The van der Waals surface area contributed by atoms with Crippen LogP contribution in [0.15, 0.2) is 18.2 Å². The second-order valence-corrected chi connectivity index (χ2v) is 5.22. The first kappa shape index (κ1) is 12.0. The molecule has 3 rings (SSSR count). The molecular formula is C13H14N2O4. The van der Waals surface area contributed by atoms with Gasteiger partial charge in [0.25, 0.3) is 0 Å². The lowest BCUT2D eigenvalue weighted by molar-refractivity contribution is -0.384. The van der Waals surface area contributed by atoms with Crippen LogP contribution in [0.5, 0.6) is 0 Å². The zero-order chi connectivity index (χ0) is 13.6. The number of piperidine rings is 1. The minimum Gasteiger partial charge on any atom is -0.477 e. The number of nitro benzene ring substituents is 1. The molecule has 1 aromatic rings. The largest absolute Gasteiger partial charge is 0.477 e. The van der Waals surface area contributed by atoms with Crippen LogP contribution in [-0.4, -0.2) is 28.6 Å². The number of fused-ring (bicyclic) bond motifs is 2. The van der Waals surface area contributed by atoms with Crippen LogP contribution in [0.25, 0.3) is 0 Å². The van der Waals surface area contributed by atoms with Gasteiger partial charge in [-0.2, -0.15) is 0 Å². The Morgan fingerprint density at radius 1 is 1.42 bits per heavy atom. The molecule has 2 bridgehead atoms. The third kappa shape index (κ3) is 1.83. The van der Waals surface area contributed by atoms with Crippen molar-refractivity contribution in [3.63, 3.8) is 0 Å². The van der Waals surface area contributed by atoms with Crippen LogP contribution in [0.1, 0.15) is 29.6 Å². The predicted octanol–water partition coefficient (Wildman–Crippen LogP) is 2.28. The highest BCUT2D eigenvalue weighted by Gasteiger charge is 2.41. The van der Waals surface area contributed by atoms with E-state index in [0.717, 1.165) is 19.4 Å². The van der Waals surface area contributed by atoms with Gasteiger partial charge in [-0.1, -0.05) is 6.07 Å². The van der Waals surface area contributed by atoms with Crippen LogP contribution >= 0.6 is 0 Å². The number of hydrogen-bond donors (Lipinski definition) is 1. The summed E-state index contributed by atoms with van der Waals surface area (Å²) in [7, 11) is 0. The van der Waals surface area contributed by atoms with Crippen LogP contribution in [-0.2, 0) is 0 Å². The van der Waals surface area contributed by atoms with E-state index in [1.165, 1.54) is 12.5 Å². The van der Waals surface area contributed by atoms with E-state index in [4.69, 9.17) is 5.11 Å². The van der Waals surface area contributed by atoms with Crippen molar-refractivity contribution in [2.75, 3.05) is 11.4 Å². The maximum absolute atomic E-state index is 11.2. The van der Waals surface area contributed by atoms with Crippen molar-refractivity contribution < 1.29 is 14.8 Å². The summed E-state index contributed by atoms with van der Waals surface area (Å²) in [5.74, 6) is -0.656. The summed E-state index contributed by atoms with van der Waals surface area (Å²) in [6.07, 6.45) is 3.28. The quantitative estimate of drug-likeness (QED) is 0.667. The first-order valence-electron chi connectivity index (χ1n) is 6.35. The molecule has 2 fully saturated rings. The van der Waals surface area contributed by atoms with Gasteiger partial charge >= 0.3 is 11.7 Å². The fourth-order valence-electron chi connectivity index (χ4n) is 3.35. The van der Waals surface area contributed by atoms with Crippen molar-refractivity contribution in [2.24, 2.45) is 5.92 Å². The van der Waals surface area contributed by atoms with Gasteiger partial charge in [0.2, 0.25) is 0 Å². The van der Waals surface area contributed by atoms with Crippen molar-refractivity contribution >= 4 is 17.3 Å². The average molecular weight is 262 g/mol. The molecule has 6 heteroatoms. The normalized spacial score (nSPS) is 24.7. The number of carboxylic acids is 1. The van der Waals surface area contributed by atoms with Gasteiger partial charge in [0.05, 0.1) is 4.92 Å². The van der Waals surface area contributed by atoms with Crippen LogP contribution in [0.2, 0.25) is 0 Å². The number of carbonyl (C=O) groups is 1. The molecule has 1 aliphatic carbocycles. The Labute approximate surface area is 109 Å². The first-order chi connectivity index (χ1) is 9.08. The SMILES string of the molecule is O=C(O)c1cccc(N2CC3CCC2C3)c1[N+](=O)[O-]. The minimum absolute atomic E-state index is 0.231. The zero-order valence-electron chi connectivity index (χ0n) is 10.3. The Hall–Kier alpha value is -2.11. The third-order valence-electron chi connectivity index (χ3n) is 4.15. The minimum atomic E-state index is -1.25. The van der Waals surface area contributed by atoms with Crippen molar-refractivity contribution in [1.82, 2.24) is 0 Å². The molecule has 2 unspecified atom stereocenters. The van der Waals surface area contributed by atoms with Gasteiger partial charge in [-0.3, -0.25) is 10.1 Å². The van der Waals surface area contributed by atoms with Crippen molar-refractivity contribution in [2.45, 2.75) is 25.3 Å². The van der Waals surface area contributed by atoms with E-state index < -0.39 is 10.9 Å². The van der Waals surface area contributed by atoms with Gasteiger partial charge < -0.3 is 10.0 Å². The molecule has 2 aliphatic rings. The van der Waals surface area contributed by atoms with Crippen LogP contribution in [0, 0.1) is 16.0 Å². The summed E-state index contributed by atoms with van der Waals surface area (Å²) in [4.78, 5) is 23.8. The molecule has 1 saturated heterocycles. The van der Waals surface area contributed by atoms with Gasteiger partial charge in [-0.05, 0) is 37.3 Å². The number of aromatic carboxylic acids is 1. The van der Waals surface area contributed by atoms with Gasteiger partial charge in [0, 0.05) is 12.6 Å². The third-order valence-corrected chi connectivity index (χ3v) is 4.15. The molecule has 0 spiro atoms. The molecule has 0 radical (unpaired) electrons. The molecule has 1 N–H and O–H groups in total. The predicted molar refractivity (Wildman–Crippen MR) is 68.5 cm³/mol. The summed E-state index contributed by atoms with van der Waals surface area (Å²) in [6, 6.07) is 4.86. The molecule has 0 amide bonds. The number of benzene rings is 1. The zero-order valence-corrected chi connectivity index (χ0v) is 10.3. The Balaban J connectivity index is 2.08.